The van der Waals surface area contributed by atoms with Crippen molar-refractivity contribution in [1.82, 2.24) is 0 Å². The van der Waals surface area contributed by atoms with E-state index in [-0.39, 0.29) is 0 Å². The molecule has 2 N–H and O–H groups in total. The average molecular weight is 206 g/mol. The largest absolute Gasteiger partial charge is 0.488 e. The van der Waals surface area contributed by atoms with Crippen LogP contribution in [0.3, 0.4) is 0 Å². The van der Waals surface area contributed by atoms with Gasteiger partial charge in [-0.25, -0.2) is 4.79 Å². The van der Waals surface area contributed by atoms with Crippen LogP contribution in [0.2, 0.25) is 0 Å². The van der Waals surface area contributed by atoms with Gasteiger partial charge in [0.1, 0.15) is 5.60 Å². The first-order valence-corrected chi connectivity index (χ1v) is 4.66. The molecule has 0 atom stereocenters. The summed E-state index contributed by atoms with van der Waals surface area (Å²) in [7, 11) is -1.56. The Morgan fingerprint density at radius 3 is 2.60 bits per heavy atom. The fourth-order valence-corrected chi connectivity index (χ4v) is 1.76. The third-order valence-corrected chi connectivity index (χ3v) is 2.56. The van der Waals surface area contributed by atoms with Crippen LogP contribution in [0.15, 0.2) is 18.2 Å². The fraction of sp³-hybridized carbons (Fsp3) is 0.300. The highest BCUT2D eigenvalue weighted by molar-refractivity contribution is 6.58. The summed E-state index contributed by atoms with van der Waals surface area (Å²) in [6, 6.07) is 4.72. The van der Waals surface area contributed by atoms with Crippen molar-refractivity contribution in [3.8, 4) is 0 Å². The molecule has 0 spiro atoms. The van der Waals surface area contributed by atoms with Gasteiger partial charge in [0, 0.05) is 5.56 Å². The Hall–Kier alpha value is -1.33. The number of hydrogen-bond acceptors (Lipinski definition) is 4. The van der Waals surface area contributed by atoms with Gasteiger partial charge in [0.2, 0.25) is 0 Å². The van der Waals surface area contributed by atoms with Crippen LogP contribution in [-0.4, -0.2) is 23.1 Å². The van der Waals surface area contributed by atoms with Crippen molar-refractivity contribution >= 4 is 18.6 Å². The Balaban J connectivity index is 2.56. The Labute approximate surface area is 87.6 Å². The predicted octanol–water partition coefficient (Wildman–Crippen LogP) is -0.228. The molecule has 4 nitrogen and oxygen atoms in total. The van der Waals surface area contributed by atoms with Crippen molar-refractivity contribution in [3.05, 3.63) is 29.3 Å². The van der Waals surface area contributed by atoms with Crippen LogP contribution in [0.25, 0.3) is 0 Å². The molecule has 0 bridgehead atoms. The highest BCUT2D eigenvalue weighted by Crippen LogP contribution is 2.34. The lowest BCUT2D eigenvalue weighted by atomic mass is 9.78. The number of carbonyl (C=O) groups is 1. The number of ether oxygens (including phenoxy) is 1. The Morgan fingerprint density at radius 2 is 2.00 bits per heavy atom. The van der Waals surface area contributed by atoms with E-state index in [9.17, 15) is 4.79 Å². The molecule has 0 saturated heterocycles. The van der Waals surface area contributed by atoms with Gasteiger partial charge in [-0.05, 0) is 25.4 Å². The van der Waals surface area contributed by atoms with Gasteiger partial charge in [-0.2, -0.15) is 0 Å². The number of cyclic esters (lactones) is 1. The van der Waals surface area contributed by atoms with E-state index < -0.39 is 18.7 Å². The molecule has 2 rings (SSSR count). The monoisotopic (exact) mass is 206 g/mol. The normalized spacial score (nSPS) is 17.2. The van der Waals surface area contributed by atoms with E-state index in [0.717, 1.165) is 5.56 Å². The van der Waals surface area contributed by atoms with Crippen molar-refractivity contribution < 1.29 is 19.6 Å². The number of carbonyl (C=O) groups excluding carboxylic acids is 1. The molecule has 0 aromatic heterocycles. The van der Waals surface area contributed by atoms with Crippen LogP contribution in [0.1, 0.15) is 29.8 Å². The maximum atomic E-state index is 11.5. The van der Waals surface area contributed by atoms with Crippen LogP contribution in [0.5, 0.6) is 0 Å². The maximum Gasteiger partial charge on any atom is 0.488 e. The zero-order valence-corrected chi connectivity index (χ0v) is 8.52. The molecule has 1 aromatic rings. The summed E-state index contributed by atoms with van der Waals surface area (Å²) in [5.41, 5.74) is 0.844. The van der Waals surface area contributed by atoms with E-state index in [4.69, 9.17) is 14.8 Å². The lowest BCUT2D eigenvalue weighted by molar-refractivity contribution is 0.00954. The first-order valence-electron chi connectivity index (χ1n) is 4.66. The van der Waals surface area contributed by atoms with Crippen molar-refractivity contribution in [2.75, 3.05) is 0 Å². The maximum absolute atomic E-state index is 11.5. The summed E-state index contributed by atoms with van der Waals surface area (Å²) in [6.45, 7) is 3.59. The molecule has 0 fully saturated rings. The second-order valence-corrected chi connectivity index (χ2v) is 4.08. The summed E-state index contributed by atoms with van der Waals surface area (Å²) in [5.74, 6) is -0.419. The smallest absolute Gasteiger partial charge is 0.451 e. The van der Waals surface area contributed by atoms with Crippen LogP contribution in [-0.2, 0) is 10.3 Å². The minimum Gasteiger partial charge on any atom is -0.451 e. The second-order valence-electron chi connectivity index (χ2n) is 4.08. The number of benzene rings is 1. The van der Waals surface area contributed by atoms with Gasteiger partial charge in [-0.1, -0.05) is 12.1 Å². The molecule has 0 saturated carbocycles. The van der Waals surface area contributed by atoms with E-state index in [2.05, 4.69) is 0 Å². The zero-order valence-electron chi connectivity index (χ0n) is 8.52. The molecule has 1 aliphatic heterocycles. The number of hydrogen-bond donors (Lipinski definition) is 2. The van der Waals surface area contributed by atoms with Crippen molar-refractivity contribution in [1.29, 1.82) is 0 Å². The number of fused-ring (bicyclic) bond motifs is 1. The van der Waals surface area contributed by atoms with Gasteiger partial charge < -0.3 is 14.8 Å². The molecule has 15 heavy (non-hydrogen) atoms. The molecule has 0 aliphatic carbocycles. The lowest BCUT2D eigenvalue weighted by Crippen LogP contribution is -2.30. The highest BCUT2D eigenvalue weighted by Gasteiger charge is 2.38. The van der Waals surface area contributed by atoms with Crippen molar-refractivity contribution in [2.45, 2.75) is 19.4 Å². The number of esters is 1. The number of rotatable bonds is 1. The SMILES string of the molecule is CC1(C)OC(=O)c2cc(B(O)O)ccc21. The quantitative estimate of drug-likeness (QED) is 0.492. The molecule has 78 valence electrons. The third-order valence-electron chi connectivity index (χ3n) is 2.56. The summed E-state index contributed by atoms with van der Waals surface area (Å²) < 4.78 is 5.15. The van der Waals surface area contributed by atoms with Gasteiger partial charge in [-0.3, -0.25) is 0 Å². The minimum atomic E-state index is -1.56. The molecule has 0 radical (unpaired) electrons. The van der Waals surface area contributed by atoms with E-state index in [0.29, 0.717) is 11.0 Å². The van der Waals surface area contributed by atoms with Crippen molar-refractivity contribution in [2.24, 2.45) is 0 Å². The second kappa shape index (κ2) is 3.08. The Bertz CT molecular complexity index is 425. The summed E-state index contributed by atoms with van der Waals surface area (Å²) in [5, 5.41) is 17.9. The molecule has 0 amide bonds. The van der Waals surface area contributed by atoms with E-state index >= 15 is 0 Å². The Morgan fingerprint density at radius 1 is 1.33 bits per heavy atom. The standard InChI is InChI=1S/C10H11BO4/c1-10(2)8-4-3-6(11(13)14)5-7(8)9(12)15-10/h3-5,13-14H,1-2H3. The van der Waals surface area contributed by atoms with Crippen LogP contribution in [0, 0.1) is 0 Å². The Kier molecular flexibility index (Phi) is 2.10. The molecule has 5 heteroatoms. The highest BCUT2D eigenvalue weighted by atomic mass is 16.6. The van der Waals surface area contributed by atoms with Gasteiger partial charge in [0.25, 0.3) is 0 Å². The molecular weight excluding hydrogens is 195 g/mol. The molecule has 1 aromatic carbocycles. The summed E-state index contributed by atoms with van der Waals surface area (Å²) >= 11 is 0. The zero-order chi connectivity index (χ0) is 11.2. The lowest BCUT2D eigenvalue weighted by Gasteiger charge is -2.17. The molecular formula is C10H11BO4. The summed E-state index contributed by atoms with van der Waals surface area (Å²) in [4.78, 5) is 11.5. The third kappa shape index (κ3) is 1.54. The van der Waals surface area contributed by atoms with Crippen LogP contribution >= 0.6 is 0 Å². The predicted molar refractivity (Wildman–Crippen MR) is 54.7 cm³/mol. The van der Waals surface area contributed by atoms with Crippen LogP contribution in [0.4, 0.5) is 0 Å². The van der Waals surface area contributed by atoms with Crippen molar-refractivity contribution in [3.63, 3.8) is 0 Å². The van der Waals surface area contributed by atoms with Crippen LogP contribution < -0.4 is 5.46 Å². The first kappa shape index (κ1) is 10.2. The van der Waals surface area contributed by atoms with Gasteiger partial charge >= 0.3 is 13.1 Å². The van der Waals surface area contributed by atoms with Gasteiger partial charge in [0.05, 0.1) is 5.56 Å². The molecule has 0 unspecified atom stereocenters. The molecule has 1 heterocycles. The topological polar surface area (TPSA) is 66.8 Å². The molecule has 1 aliphatic rings. The first-order chi connectivity index (χ1) is 6.92. The van der Waals surface area contributed by atoms with E-state index in [1.165, 1.54) is 6.07 Å². The minimum absolute atomic E-state index is 0.295. The summed E-state index contributed by atoms with van der Waals surface area (Å²) in [6.07, 6.45) is 0. The van der Waals surface area contributed by atoms with Gasteiger partial charge in [0.15, 0.2) is 0 Å². The fourth-order valence-electron chi connectivity index (χ4n) is 1.76. The van der Waals surface area contributed by atoms with E-state index in [1.54, 1.807) is 26.0 Å². The van der Waals surface area contributed by atoms with E-state index in [1.807, 2.05) is 0 Å². The van der Waals surface area contributed by atoms with Gasteiger partial charge in [-0.15, -0.1) is 0 Å². The average Bonchev–Trinajstić information content (AvgIpc) is 2.37.